The monoisotopic (exact) mass is 511 g/mol. The molecule has 0 saturated heterocycles. The van der Waals surface area contributed by atoms with Crippen LogP contribution >= 0.6 is 0 Å². The number of carbonyl (C=O) groups is 1. The van der Waals surface area contributed by atoms with Crippen molar-refractivity contribution in [3.8, 4) is 6.07 Å². The van der Waals surface area contributed by atoms with E-state index in [0.29, 0.717) is 28.0 Å². The molecule has 0 aliphatic carbocycles. The lowest BCUT2D eigenvalue weighted by molar-refractivity contribution is 0.0983. The van der Waals surface area contributed by atoms with Crippen molar-refractivity contribution in [3.63, 3.8) is 0 Å². The topological polar surface area (TPSA) is 88.6 Å². The Labute approximate surface area is 218 Å². The third-order valence-electron chi connectivity index (χ3n) is 6.42. The summed E-state index contributed by atoms with van der Waals surface area (Å²) in [5.74, 6) is -1.10. The van der Waals surface area contributed by atoms with E-state index in [0.717, 1.165) is 5.56 Å². The predicted molar refractivity (Wildman–Crippen MR) is 137 cm³/mol. The fraction of sp³-hybridized carbons (Fsp3) is 0.133. The first kappa shape index (κ1) is 24.8. The molecule has 0 bridgehead atoms. The van der Waals surface area contributed by atoms with Crippen LogP contribution in [0.1, 0.15) is 22.6 Å². The zero-order chi connectivity index (χ0) is 26.6. The fourth-order valence-electron chi connectivity index (χ4n) is 4.61. The Morgan fingerprint density at radius 3 is 2.34 bits per heavy atom. The number of nitrogens with zero attached hydrogens (tertiary/aromatic N) is 2. The molecule has 190 valence electrons. The van der Waals surface area contributed by atoms with Crippen LogP contribution in [0.5, 0.6) is 0 Å². The molecule has 8 heteroatoms. The van der Waals surface area contributed by atoms with Gasteiger partial charge in [-0.3, -0.25) is 4.90 Å². The molecule has 0 fully saturated rings. The molecule has 0 unspecified atom stereocenters. The second-order valence-corrected chi connectivity index (χ2v) is 8.95. The van der Waals surface area contributed by atoms with Gasteiger partial charge in [-0.25, -0.2) is 13.6 Å². The van der Waals surface area contributed by atoms with E-state index in [1.54, 1.807) is 30.3 Å². The Morgan fingerprint density at radius 2 is 1.68 bits per heavy atom. The molecule has 2 aliphatic heterocycles. The van der Waals surface area contributed by atoms with Gasteiger partial charge in [-0.05, 0) is 47.0 Å². The average Bonchev–Trinajstić information content (AvgIpc) is 2.93. The van der Waals surface area contributed by atoms with Crippen LogP contribution in [0.25, 0.3) is 6.08 Å². The number of rotatable bonds is 4. The number of nitrogens with two attached hydrogens (primary N) is 1. The molecule has 0 aromatic heterocycles. The summed E-state index contributed by atoms with van der Waals surface area (Å²) in [4.78, 5) is 14.7. The van der Waals surface area contributed by atoms with Gasteiger partial charge in [0.2, 0.25) is 5.88 Å². The Kier molecular flexibility index (Phi) is 6.92. The first-order valence-electron chi connectivity index (χ1n) is 11.9. The van der Waals surface area contributed by atoms with Gasteiger partial charge >= 0.3 is 6.09 Å². The minimum absolute atomic E-state index is 0.0642. The second kappa shape index (κ2) is 10.6. The summed E-state index contributed by atoms with van der Waals surface area (Å²) in [5, 5.41) is 9.93. The van der Waals surface area contributed by atoms with Gasteiger partial charge in [0, 0.05) is 11.1 Å². The number of ether oxygens (including phenoxy) is 2. The standard InChI is InChI=1S/C30H23F2N3O3/c31-23-10-6-19(7-11-23)14-22-16-35(30(36)37-18-20-4-2-1-3-5-20)17-26-27(21-8-12-24(32)13-9-21)25(15-33)29(34)38-28(22)26/h1-14,27H,16-18,34H2/b22-14-/t27-/m0/s1. The van der Waals surface area contributed by atoms with Crippen LogP contribution in [0.4, 0.5) is 13.6 Å². The minimum Gasteiger partial charge on any atom is -0.445 e. The number of hydrogen-bond donors (Lipinski definition) is 1. The molecule has 2 N–H and O–H groups in total. The molecule has 3 aromatic rings. The van der Waals surface area contributed by atoms with Crippen LogP contribution in [0.2, 0.25) is 0 Å². The number of carbonyl (C=O) groups excluding carboxylic acids is 1. The molecule has 2 heterocycles. The van der Waals surface area contributed by atoms with E-state index in [4.69, 9.17) is 15.2 Å². The molecule has 5 rings (SSSR count). The minimum atomic E-state index is -0.661. The van der Waals surface area contributed by atoms with E-state index in [9.17, 15) is 18.8 Å². The molecular formula is C30H23F2N3O3. The van der Waals surface area contributed by atoms with Gasteiger partial charge in [0.15, 0.2) is 0 Å². The Morgan fingerprint density at radius 1 is 1.03 bits per heavy atom. The summed E-state index contributed by atoms with van der Waals surface area (Å²) in [6.45, 7) is 0.326. The lowest BCUT2D eigenvalue weighted by Gasteiger charge is -2.37. The Hall–Kier alpha value is -4.90. The van der Waals surface area contributed by atoms with Gasteiger partial charge < -0.3 is 15.2 Å². The number of hydrogen-bond acceptors (Lipinski definition) is 5. The van der Waals surface area contributed by atoms with Gasteiger partial charge in [0.1, 0.15) is 35.6 Å². The number of benzene rings is 3. The maximum absolute atomic E-state index is 13.7. The molecule has 6 nitrogen and oxygen atoms in total. The zero-order valence-electron chi connectivity index (χ0n) is 20.2. The Balaban J connectivity index is 1.55. The van der Waals surface area contributed by atoms with E-state index in [2.05, 4.69) is 6.07 Å². The first-order valence-corrected chi connectivity index (χ1v) is 11.9. The molecule has 0 saturated carbocycles. The molecule has 0 spiro atoms. The summed E-state index contributed by atoms with van der Waals surface area (Å²) in [7, 11) is 0. The third-order valence-corrected chi connectivity index (χ3v) is 6.42. The van der Waals surface area contributed by atoms with E-state index < -0.39 is 17.8 Å². The summed E-state index contributed by atoms with van der Waals surface area (Å²) in [6, 6.07) is 23.1. The first-order chi connectivity index (χ1) is 18.4. The quantitative estimate of drug-likeness (QED) is 0.481. The van der Waals surface area contributed by atoms with Crippen molar-refractivity contribution >= 4 is 12.2 Å². The van der Waals surface area contributed by atoms with E-state index in [1.807, 2.05) is 30.3 Å². The Bertz CT molecular complexity index is 1490. The van der Waals surface area contributed by atoms with Gasteiger partial charge in [0.25, 0.3) is 0 Å². The molecule has 1 atom stereocenters. The molecule has 0 radical (unpaired) electrons. The van der Waals surface area contributed by atoms with E-state index >= 15 is 0 Å². The lowest BCUT2D eigenvalue weighted by Crippen LogP contribution is -2.41. The van der Waals surface area contributed by atoms with Gasteiger partial charge in [-0.2, -0.15) is 5.26 Å². The molecule has 38 heavy (non-hydrogen) atoms. The van der Waals surface area contributed by atoms with Crippen molar-refractivity contribution in [1.82, 2.24) is 4.90 Å². The van der Waals surface area contributed by atoms with Gasteiger partial charge in [-0.15, -0.1) is 0 Å². The zero-order valence-corrected chi connectivity index (χ0v) is 20.2. The summed E-state index contributed by atoms with van der Waals surface area (Å²) >= 11 is 0. The van der Waals surface area contributed by atoms with Crippen molar-refractivity contribution in [2.45, 2.75) is 12.5 Å². The number of nitriles is 1. The molecular weight excluding hydrogens is 488 g/mol. The molecule has 2 aliphatic rings. The average molecular weight is 512 g/mol. The highest BCUT2D eigenvalue weighted by atomic mass is 19.1. The highest BCUT2D eigenvalue weighted by Gasteiger charge is 2.39. The van der Waals surface area contributed by atoms with Crippen molar-refractivity contribution in [2.24, 2.45) is 5.73 Å². The highest BCUT2D eigenvalue weighted by molar-refractivity contribution is 5.72. The SMILES string of the molecule is N#CC1=C(N)OC2=C(CN(C(=O)OCc3ccccc3)C/C2=C/c2ccc(F)cc2)[C@H]1c1ccc(F)cc1. The van der Waals surface area contributed by atoms with Gasteiger partial charge in [0.05, 0.1) is 19.0 Å². The van der Waals surface area contributed by atoms with Gasteiger partial charge in [-0.1, -0.05) is 54.6 Å². The van der Waals surface area contributed by atoms with Crippen LogP contribution in [-0.2, 0) is 16.1 Å². The third kappa shape index (κ3) is 5.13. The second-order valence-electron chi connectivity index (χ2n) is 8.95. The van der Waals surface area contributed by atoms with E-state index in [-0.39, 0.29) is 37.0 Å². The number of amides is 1. The van der Waals surface area contributed by atoms with Crippen molar-refractivity contribution < 1.29 is 23.0 Å². The van der Waals surface area contributed by atoms with Crippen LogP contribution in [0.3, 0.4) is 0 Å². The van der Waals surface area contributed by atoms with Crippen LogP contribution in [0, 0.1) is 23.0 Å². The number of allylic oxidation sites excluding steroid dienone is 1. The largest absolute Gasteiger partial charge is 0.445 e. The normalized spacial score (nSPS) is 18.1. The van der Waals surface area contributed by atoms with Crippen LogP contribution in [0.15, 0.2) is 107 Å². The van der Waals surface area contributed by atoms with Crippen molar-refractivity contribution in [1.29, 1.82) is 5.26 Å². The van der Waals surface area contributed by atoms with Crippen molar-refractivity contribution in [2.75, 3.05) is 13.1 Å². The van der Waals surface area contributed by atoms with Crippen molar-refractivity contribution in [3.05, 3.63) is 136 Å². The maximum Gasteiger partial charge on any atom is 0.410 e. The highest BCUT2D eigenvalue weighted by Crippen LogP contribution is 2.44. The summed E-state index contributed by atoms with van der Waals surface area (Å²) in [6.07, 6.45) is 1.22. The smallest absolute Gasteiger partial charge is 0.410 e. The predicted octanol–water partition coefficient (Wildman–Crippen LogP) is 5.76. The van der Waals surface area contributed by atoms with Crippen LogP contribution in [-0.4, -0.2) is 24.1 Å². The number of halogens is 2. The summed E-state index contributed by atoms with van der Waals surface area (Å²) < 4.78 is 38.8. The fourth-order valence-corrected chi connectivity index (χ4v) is 4.61. The lowest BCUT2D eigenvalue weighted by atomic mass is 9.80. The molecule has 3 aromatic carbocycles. The van der Waals surface area contributed by atoms with Crippen LogP contribution < -0.4 is 5.73 Å². The summed E-state index contributed by atoms with van der Waals surface area (Å²) in [5.41, 5.74) is 9.70. The maximum atomic E-state index is 13.7. The molecule has 1 amide bonds. The van der Waals surface area contributed by atoms with E-state index in [1.165, 1.54) is 29.2 Å².